The number of benzene rings is 1. The minimum atomic E-state index is -0.907. The number of para-hydroxylation sites is 1. The second-order valence-electron chi connectivity index (χ2n) is 5.83. The van der Waals surface area contributed by atoms with Crippen LogP contribution in [0.3, 0.4) is 0 Å². The zero-order chi connectivity index (χ0) is 15.3. The van der Waals surface area contributed by atoms with Crippen molar-refractivity contribution >= 4 is 17.7 Å². The molecule has 0 heterocycles. The van der Waals surface area contributed by atoms with Crippen LogP contribution >= 0.6 is 0 Å². The normalized spacial score (nSPS) is 16.4. The van der Waals surface area contributed by atoms with Gasteiger partial charge in [-0.15, -0.1) is 0 Å². The highest BCUT2D eigenvalue weighted by Gasteiger charge is 2.32. The standard InChI is InChI=1S/C16H22N2O3/c1-16(10-5-6-11-16)17-15(21)18(12-9-14(19)20)13-7-3-2-4-8-13/h2-4,7-8H,5-6,9-12H2,1H3,(H,17,21)(H,19,20). The van der Waals surface area contributed by atoms with E-state index in [9.17, 15) is 9.59 Å². The monoisotopic (exact) mass is 290 g/mol. The molecule has 5 heteroatoms. The third-order valence-electron chi connectivity index (χ3n) is 3.98. The number of amides is 2. The summed E-state index contributed by atoms with van der Waals surface area (Å²) in [6, 6.07) is 8.97. The van der Waals surface area contributed by atoms with Gasteiger partial charge in [0, 0.05) is 17.8 Å². The zero-order valence-corrected chi connectivity index (χ0v) is 12.3. The quantitative estimate of drug-likeness (QED) is 0.875. The van der Waals surface area contributed by atoms with Gasteiger partial charge >= 0.3 is 12.0 Å². The fourth-order valence-corrected chi connectivity index (χ4v) is 2.77. The Bertz CT molecular complexity index is 496. The van der Waals surface area contributed by atoms with Crippen LogP contribution in [0.4, 0.5) is 10.5 Å². The Labute approximate surface area is 125 Å². The molecule has 0 atom stereocenters. The number of nitrogens with one attached hydrogen (secondary N) is 1. The molecule has 2 amide bonds. The first-order chi connectivity index (χ1) is 10.0. The molecular weight excluding hydrogens is 268 g/mol. The molecule has 1 aliphatic carbocycles. The van der Waals surface area contributed by atoms with Crippen molar-refractivity contribution in [1.29, 1.82) is 0 Å². The van der Waals surface area contributed by atoms with Crippen molar-refractivity contribution in [2.24, 2.45) is 0 Å². The largest absolute Gasteiger partial charge is 0.481 e. The van der Waals surface area contributed by atoms with Crippen molar-refractivity contribution in [1.82, 2.24) is 5.32 Å². The van der Waals surface area contributed by atoms with E-state index in [0.29, 0.717) is 0 Å². The summed E-state index contributed by atoms with van der Waals surface area (Å²) in [6.45, 7) is 2.22. The van der Waals surface area contributed by atoms with E-state index in [2.05, 4.69) is 12.2 Å². The minimum absolute atomic E-state index is 0.0704. The number of aliphatic carboxylic acids is 1. The van der Waals surface area contributed by atoms with Gasteiger partial charge in [-0.05, 0) is 31.9 Å². The second kappa shape index (κ2) is 6.61. The zero-order valence-electron chi connectivity index (χ0n) is 12.3. The lowest BCUT2D eigenvalue weighted by Gasteiger charge is -2.30. The number of carboxylic acids is 1. The van der Waals surface area contributed by atoms with E-state index in [-0.39, 0.29) is 24.5 Å². The minimum Gasteiger partial charge on any atom is -0.481 e. The van der Waals surface area contributed by atoms with Crippen LogP contribution in [-0.4, -0.2) is 29.2 Å². The van der Waals surface area contributed by atoms with Crippen LogP contribution in [-0.2, 0) is 4.79 Å². The van der Waals surface area contributed by atoms with Crippen LogP contribution in [0.1, 0.15) is 39.0 Å². The van der Waals surface area contributed by atoms with Gasteiger partial charge in [-0.25, -0.2) is 4.79 Å². The van der Waals surface area contributed by atoms with Crippen LogP contribution in [0.15, 0.2) is 30.3 Å². The number of carbonyl (C=O) groups is 2. The number of rotatable bonds is 5. The highest BCUT2D eigenvalue weighted by atomic mass is 16.4. The fourth-order valence-electron chi connectivity index (χ4n) is 2.77. The maximum absolute atomic E-state index is 12.5. The average Bonchev–Trinajstić information content (AvgIpc) is 2.86. The van der Waals surface area contributed by atoms with Gasteiger partial charge in [0.05, 0.1) is 6.42 Å². The van der Waals surface area contributed by atoms with Crippen LogP contribution < -0.4 is 10.2 Å². The molecule has 0 radical (unpaired) electrons. The molecule has 1 aliphatic rings. The van der Waals surface area contributed by atoms with Gasteiger partial charge in [0.2, 0.25) is 0 Å². The van der Waals surface area contributed by atoms with Crippen LogP contribution in [0, 0.1) is 0 Å². The summed E-state index contributed by atoms with van der Waals surface area (Å²) >= 11 is 0. The van der Waals surface area contributed by atoms with Gasteiger partial charge in [0.1, 0.15) is 0 Å². The van der Waals surface area contributed by atoms with Crippen molar-refractivity contribution in [3.05, 3.63) is 30.3 Å². The number of anilines is 1. The van der Waals surface area contributed by atoms with Gasteiger partial charge in [0.15, 0.2) is 0 Å². The highest BCUT2D eigenvalue weighted by Crippen LogP contribution is 2.29. The average molecular weight is 290 g/mol. The molecule has 21 heavy (non-hydrogen) atoms. The Kier molecular flexibility index (Phi) is 4.83. The molecule has 2 N–H and O–H groups in total. The summed E-state index contributed by atoms with van der Waals surface area (Å²) in [5, 5.41) is 11.9. The van der Waals surface area contributed by atoms with Crippen molar-refractivity contribution in [2.75, 3.05) is 11.4 Å². The van der Waals surface area contributed by atoms with E-state index in [1.54, 1.807) is 0 Å². The Hall–Kier alpha value is -2.04. The third-order valence-corrected chi connectivity index (χ3v) is 3.98. The lowest BCUT2D eigenvalue weighted by Crippen LogP contribution is -2.51. The lowest BCUT2D eigenvalue weighted by molar-refractivity contribution is -0.136. The van der Waals surface area contributed by atoms with Crippen LogP contribution in [0.25, 0.3) is 0 Å². The van der Waals surface area contributed by atoms with E-state index in [4.69, 9.17) is 5.11 Å². The van der Waals surface area contributed by atoms with Crippen molar-refractivity contribution in [2.45, 2.75) is 44.6 Å². The lowest BCUT2D eigenvalue weighted by atomic mass is 10.0. The third kappa shape index (κ3) is 4.21. The van der Waals surface area contributed by atoms with Gasteiger partial charge in [-0.1, -0.05) is 31.0 Å². The second-order valence-corrected chi connectivity index (χ2v) is 5.83. The molecule has 114 valence electrons. The molecule has 0 spiro atoms. The van der Waals surface area contributed by atoms with Crippen molar-refractivity contribution in [3.8, 4) is 0 Å². The Morgan fingerprint density at radius 2 is 1.86 bits per heavy atom. The number of carboxylic acid groups (broad SMARTS) is 1. The van der Waals surface area contributed by atoms with E-state index < -0.39 is 5.97 Å². The number of carbonyl (C=O) groups excluding carboxylic acids is 1. The molecule has 0 saturated heterocycles. The molecule has 0 bridgehead atoms. The number of hydrogen-bond donors (Lipinski definition) is 2. The van der Waals surface area contributed by atoms with Crippen LogP contribution in [0.2, 0.25) is 0 Å². The fraction of sp³-hybridized carbons (Fsp3) is 0.500. The predicted molar refractivity (Wildman–Crippen MR) is 81.4 cm³/mol. The first kappa shape index (κ1) is 15.4. The van der Waals surface area contributed by atoms with Gasteiger partial charge in [0.25, 0.3) is 0 Å². The molecule has 5 nitrogen and oxygen atoms in total. The molecule has 1 aromatic carbocycles. The molecule has 0 aromatic heterocycles. The summed E-state index contributed by atoms with van der Waals surface area (Å²) in [5.41, 5.74) is 0.547. The molecule has 1 saturated carbocycles. The number of urea groups is 1. The molecule has 2 rings (SSSR count). The topological polar surface area (TPSA) is 69.6 Å². The molecule has 0 unspecified atom stereocenters. The Morgan fingerprint density at radius 1 is 1.24 bits per heavy atom. The summed E-state index contributed by atoms with van der Waals surface area (Å²) in [6.07, 6.45) is 4.12. The summed E-state index contributed by atoms with van der Waals surface area (Å²) in [7, 11) is 0. The van der Waals surface area contributed by atoms with Gasteiger partial charge < -0.3 is 10.4 Å². The number of hydrogen-bond acceptors (Lipinski definition) is 2. The van der Waals surface area contributed by atoms with E-state index in [0.717, 1.165) is 31.4 Å². The SMILES string of the molecule is CC1(NC(=O)N(CCC(=O)O)c2ccccc2)CCCC1. The predicted octanol–water partition coefficient (Wildman–Crippen LogP) is 3.01. The van der Waals surface area contributed by atoms with E-state index in [1.165, 1.54) is 4.90 Å². The summed E-state index contributed by atoms with van der Waals surface area (Å²) < 4.78 is 0. The maximum atomic E-state index is 12.5. The summed E-state index contributed by atoms with van der Waals surface area (Å²) in [5.74, 6) is -0.907. The first-order valence-corrected chi connectivity index (χ1v) is 7.37. The highest BCUT2D eigenvalue weighted by molar-refractivity contribution is 5.93. The Balaban J connectivity index is 2.10. The molecular formula is C16H22N2O3. The van der Waals surface area contributed by atoms with E-state index >= 15 is 0 Å². The number of nitrogens with zero attached hydrogens (tertiary/aromatic N) is 1. The van der Waals surface area contributed by atoms with Gasteiger partial charge in [-0.3, -0.25) is 9.69 Å². The van der Waals surface area contributed by atoms with Gasteiger partial charge in [-0.2, -0.15) is 0 Å². The van der Waals surface area contributed by atoms with Crippen molar-refractivity contribution in [3.63, 3.8) is 0 Å². The molecule has 1 fully saturated rings. The maximum Gasteiger partial charge on any atom is 0.322 e. The molecule has 1 aromatic rings. The smallest absolute Gasteiger partial charge is 0.322 e. The summed E-state index contributed by atoms with van der Waals surface area (Å²) in [4.78, 5) is 24.9. The van der Waals surface area contributed by atoms with Crippen molar-refractivity contribution < 1.29 is 14.7 Å². The first-order valence-electron chi connectivity index (χ1n) is 7.37. The Morgan fingerprint density at radius 3 is 2.43 bits per heavy atom. The molecule has 0 aliphatic heterocycles. The van der Waals surface area contributed by atoms with E-state index in [1.807, 2.05) is 30.3 Å². The van der Waals surface area contributed by atoms with Crippen LogP contribution in [0.5, 0.6) is 0 Å².